The van der Waals surface area contributed by atoms with Crippen molar-refractivity contribution in [3.63, 3.8) is 0 Å². The summed E-state index contributed by atoms with van der Waals surface area (Å²) in [6.07, 6.45) is 10.9. The van der Waals surface area contributed by atoms with E-state index in [1.54, 1.807) is 37.5 Å². The molecule has 0 aromatic heterocycles. The van der Waals surface area contributed by atoms with Gasteiger partial charge in [0.25, 0.3) is 0 Å². The van der Waals surface area contributed by atoms with E-state index in [1.165, 1.54) is 11.1 Å². The van der Waals surface area contributed by atoms with Crippen molar-refractivity contribution in [3.8, 4) is 11.5 Å². The fraction of sp³-hybridized carbons (Fsp3) is 0.464. The zero-order valence-corrected chi connectivity index (χ0v) is 20.9. The van der Waals surface area contributed by atoms with E-state index in [-0.39, 0.29) is 0 Å². The van der Waals surface area contributed by atoms with Crippen molar-refractivity contribution in [2.75, 3.05) is 7.11 Å². The van der Waals surface area contributed by atoms with E-state index in [4.69, 9.17) is 14.2 Å². The van der Waals surface area contributed by atoms with Crippen molar-refractivity contribution in [1.82, 2.24) is 0 Å². The van der Waals surface area contributed by atoms with Gasteiger partial charge in [-0.25, -0.2) is 4.79 Å². The SMILES string of the molecule is C=CC(C)(CCC=C(C)C)OC(=O)c1ccc(OC(C)(C=C)CCC=C(C)C)c(OC)c1. The van der Waals surface area contributed by atoms with Gasteiger partial charge in [0, 0.05) is 0 Å². The van der Waals surface area contributed by atoms with Gasteiger partial charge >= 0.3 is 5.97 Å². The predicted molar refractivity (Wildman–Crippen MR) is 134 cm³/mol. The predicted octanol–water partition coefficient (Wildman–Crippen LogP) is 7.61. The Morgan fingerprint density at radius 2 is 1.44 bits per heavy atom. The summed E-state index contributed by atoms with van der Waals surface area (Å²) in [6, 6.07) is 5.09. The van der Waals surface area contributed by atoms with Crippen molar-refractivity contribution in [3.05, 3.63) is 72.4 Å². The van der Waals surface area contributed by atoms with Gasteiger partial charge in [0.2, 0.25) is 0 Å². The Labute approximate surface area is 194 Å². The summed E-state index contributed by atoms with van der Waals surface area (Å²) in [7, 11) is 1.55. The van der Waals surface area contributed by atoms with Crippen molar-refractivity contribution < 1.29 is 19.0 Å². The molecule has 0 spiro atoms. The maximum absolute atomic E-state index is 12.8. The molecule has 1 aromatic carbocycles. The highest BCUT2D eigenvalue weighted by Gasteiger charge is 2.27. The molecule has 0 fully saturated rings. The highest BCUT2D eigenvalue weighted by Crippen LogP contribution is 2.34. The lowest BCUT2D eigenvalue weighted by molar-refractivity contribution is 0.00830. The molecule has 1 rings (SSSR count). The lowest BCUT2D eigenvalue weighted by Gasteiger charge is -2.28. The number of esters is 1. The highest BCUT2D eigenvalue weighted by atomic mass is 16.6. The van der Waals surface area contributed by atoms with E-state index in [1.807, 2.05) is 27.7 Å². The van der Waals surface area contributed by atoms with Gasteiger partial charge in [-0.1, -0.05) is 36.5 Å². The second-order valence-electron chi connectivity index (χ2n) is 9.03. The molecular weight excluding hydrogens is 400 g/mol. The lowest BCUT2D eigenvalue weighted by atomic mass is 9.98. The molecule has 2 unspecified atom stereocenters. The maximum Gasteiger partial charge on any atom is 0.339 e. The fourth-order valence-corrected chi connectivity index (χ4v) is 3.09. The normalized spacial score (nSPS) is 14.2. The molecule has 32 heavy (non-hydrogen) atoms. The van der Waals surface area contributed by atoms with E-state index >= 15 is 0 Å². The van der Waals surface area contributed by atoms with Crippen LogP contribution in [-0.2, 0) is 4.74 Å². The number of ether oxygens (including phenoxy) is 3. The van der Waals surface area contributed by atoms with Crippen LogP contribution in [0.25, 0.3) is 0 Å². The Morgan fingerprint density at radius 3 is 1.91 bits per heavy atom. The zero-order chi connectivity index (χ0) is 24.4. The van der Waals surface area contributed by atoms with Crippen LogP contribution in [-0.4, -0.2) is 24.3 Å². The Morgan fingerprint density at radius 1 is 0.906 bits per heavy atom. The van der Waals surface area contributed by atoms with Crippen molar-refractivity contribution in [2.45, 2.75) is 78.4 Å². The summed E-state index contributed by atoms with van der Waals surface area (Å²) in [4.78, 5) is 12.8. The maximum atomic E-state index is 12.8. The number of carbonyl (C=O) groups is 1. The van der Waals surface area contributed by atoms with E-state index in [0.29, 0.717) is 23.5 Å². The van der Waals surface area contributed by atoms with E-state index in [2.05, 4.69) is 39.2 Å². The van der Waals surface area contributed by atoms with Crippen LogP contribution in [0.2, 0.25) is 0 Å². The molecular formula is C28H40O4. The molecule has 2 atom stereocenters. The first-order valence-corrected chi connectivity index (χ1v) is 11.1. The second-order valence-corrected chi connectivity index (χ2v) is 9.03. The van der Waals surface area contributed by atoms with Crippen LogP contribution in [0.3, 0.4) is 0 Å². The number of allylic oxidation sites excluding steroid dienone is 4. The van der Waals surface area contributed by atoms with Crippen LogP contribution < -0.4 is 9.47 Å². The molecule has 1 aromatic rings. The highest BCUT2D eigenvalue weighted by molar-refractivity contribution is 5.90. The van der Waals surface area contributed by atoms with Crippen molar-refractivity contribution >= 4 is 5.97 Å². The van der Waals surface area contributed by atoms with Gasteiger partial charge in [0.15, 0.2) is 11.5 Å². The Kier molecular flexibility index (Phi) is 10.5. The minimum atomic E-state index is -0.752. The zero-order valence-electron chi connectivity index (χ0n) is 20.9. The number of rotatable bonds is 13. The minimum absolute atomic E-state index is 0.398. The second kappa shape index (κ2) is 12.3. The lowest BCUT2D eigenvalue weighted by Crippen LogP contribution is -2.30. The summed E-state index contributed by atoms with van der Waals surface area (Å²) in [5.41, 5.74) is 1.58. The molecule has 0 radical (unpaired) electrons. The summed E-state index contributed by atoms with van der Waals surface area (Å²) < 4.78 is 17.5. The molecule has 4 nitrogen and oxygen atoms in total. The van der Waals surface area contributed by atoms with Gasteiger partial charge in [0.1, 0.15) is 11.2 Å². The summed E-state index contributed by atoms with van der Waals surface area (Å²) in [5.74, 6) is 0.600. The van der Waals surface area contributed by atoms with E-state index < -0.39 is 17.2 Å². The largest absolute Gasteiger partial charge is 0.493 e. The molecule has 0 aliphatic carbocycles. The van der Waals surface area contributed by atoms with Crippen molar-refractivity contribution in [2.24, 2.45) is 0 Å². The van der Waals surface area contributed by atoms with Crippen LogP contribution in [0.15, 0.2) is 66.8 Å². The van der Waals surface area contributed by atoms with Crippen LogP contribution in [0.4, 0.5) is 0 Å². The average Bonchev–Trinajstić information content (AvgIpc) is 2.73. The molecule has 0 amide bonds. The molecule has 0 aliphatic rings. The van der Waals surface area contributed by atoms with Crippen LogP contribution in [0.5, 0.6) is 11.5 Å². The van der Waals surface area contributed by atoms with Gasteiger partial charge in [-0.05, 0) is 97.6 Å². The molecule has 0 aliphatic heterocycles. The van der Waals surface area contributed by atoms with E-state index in [0.717, 1.165) is 19.3 Å². The number of carbonyl (C=O) groups excluding carboxylic acids is 1. The number of hydrogen-bond acceptors (Lipinski definition) is 4. The third-order valence-electron chi connectivity index (χ3n) is 5.32. The molecule has 4 heteroatoms. The molecule has 0 bridgehead atoms. The molecule has 0 saturated heterocycles. The number of methoxy groups -OCH3 is 1. The van der Waals surface area contributed by atoms with Crippen molar-refractivity contribution in [1.29, 1.82) is 0 Å². The Hall–Kier alpha value is -2.75. The first-order chi connectivity index (χ1) is 15.0. The Balaban J connectivity index is 3.01. The van der Waals surface area contributed by atoms with Crippen LogP contribution >= 0.6 is 0 Å². The summed E-state index contributed by atoms with van der Waals surface area (Å²) in [5, 5.41) is 0. The smallest absolute Gasteiger partial charge is 0.339 e. The first-order valence-electron chi connectivity index (χ1n) is 11.1. The third kappa shape index (κ3) is 8.78. The average molecular weight is 441 g/mol. The van der Waals surface area contributed by atoms with Gasteiger partial charge in [-0.15, -0.1) is 0 Å². The topological polar surface area (TPSA) is 44.8 Å². The third-order valence-corrected chi connectivity index (χ3v) is 5.32. The monoisotopic (exact) mass is 440 g/mol. The van der Waals surface area contributed by atoms with Crippen LogP contribution in [0.1, 0.15) is 77.6 Å². The fourth-order valence-electron chi connectivity index (χ4n) is 3.09. The quantitative estimate of drug-likeness (QED) is 0.234. The summed E-state index contributed by atoms with van der Waals surface area (Å²) >= 11 is 0. The number of hydrogen-bond donors (Lipinski definition) is 0. The van der Waals surface area contributed by atoms with Gasteiger partial charge in [0.05, 0.1) is 12.7 Å². The van der Waals surface area contributed by atoms with Gasteiger partial charge < -0.3 is 14.2 Å². The van der Waals surface area contributed by atoms with E-state index in [9.17, 15) is 4.79 Å². The standard InChI is InChI=1S/C28H40O4/c1-10-27(7,18-12-14-21(3)4)31-24-17-16-23(20-25(24)30-9)26(29)32-28(8,11-2)19-13-15-22(5)6/h10-11,14-17,20H,1-2,12-13,18-19H2,3-9H3. The first kappa shape index (κ1) is 27.3. The van der Waals surface area contributed by atoms with Gasteiger partial charge in [-0.3, -0.25) is 0 Å². The molecule has 0 heterocycles. The van der Waals surface area contributed by atoms with Gasteiger partial charge in [-0.2, -0.15) is 0 Å². The minimum Gasteiger partial charge on any atom is -0.493 e. The molecule has 0 N–H and O–H groups in total. The Bertz CT molecular complexity index is 856. The molecule has 0 saturated carbocycles. The number of benzene rings is 1. The van der Waals surface area contributed by atoms with Crippen LogP contribution in [0, 0.1) is 0 Å². The molecule has 176 valence electrons. The summed E-state index contributed by atoms with van der Waals surface area (Å²) in [6.45, 7) is 19.9.